The predicted molar refractivity (Wildman–Crippen MR) is 96.0 cm³/mol. The molecule has 0 unspecified atom stereocenters. The van der Waals surface area contributed by atoms with Gasteiger partial charge in [-0.1, -0.05) is 63.3 Å². The van der Waals surface area contributed by atoms with E-state index < -0.39 is 0 Å². The van der Waals surface area contributed by atoms with Crippen LogP contribution in [0.15, 0.2) is 24.3 Å². The van der Waals surface area contributed by atoms with Gasteiger partial charge in [0, 0.05) is 6.92 Å². The molecule has 0 aliphatic heterocycles. The van der Waals surface area contributed by atoms with Gasteiger partial charge < -0.3 is 4.74 Å². The van der Waals surface area contributed by atoms with Gasteiger partial charge in [-0.15, -0.1) is 0 Å². The molecular formula is C20H36O2. The topological polar surface area (TPSA) is 26.3 Å². The van der Waals surface area contributed by atoms with E-state index in [9.17, 15) is 4.79 Å². The first-order valence-corrected chi connectivity index (χ1v) is 9.20. The van der Waals surface area contributed by atoms with Crippen molar-refractivity contribution >= 4 is 5.97 Å². The van der Waals surface area contributed by atoms with Gasteiger partial charge in [-0.05, 0) is 44.9 Å². The summed E-state index contributed by atoms with van der Waals surface area (Å²) in [5, 5.41) is 0. The molecule has 0 rings (SSSR count). The highest BCUT2D eigenvalue weighted by Gasteiger charge is 1.92. The van der Waals surface area contributed by atoms with Crippen LogP contribution in [0.3, 0.4) is 0 Å². The van der Waals surface area contributed by atoms with E-state index in [1.54, 1.807) is 0 Å². The number of ether oxygens (including phenoxy) is 1. The van der Waals surface area contributed by atoms with Crippen molar-refractivity contribution in [3.63, 3.8) is 0 Å². The van der Waals surface area contributed by atoms with Crippen LogP contribution in [0.4, 0.5) is 0 Å². The fraction of sp³-hybridized carbons (Fsp3) is 0.750. The molecule has 0 bridgehead atoms. The smallest absolute Gasteiger partial charge is 0.302 e. The number of allylic oxidation sites excluding steroid dienone is 4. The molecule has 22 heavy (non-hydrogen) atoms. The average Bonchev–Trinajstić information content (AvgIpc) is 2.50. The SMILES string of the molecule is CC/C=C\CCCCCCCCC/C=C\CCCOC(C)=O. The molecule has 2 nitrogen and oxygen atoms in total. The summed E-state index contributed by atoms with van der Waals surface area (Å²) in [4.78, 5) is 10.6. The number of rotatable bonds is 15. The minimum absolute atomic E-state index is 0.179. The number of carbonyl (C=O) groups excluding carboxylic acids is 1. The Bertz CT molecular complexity index is 292. The zero-order valence-corrected chi connectivity index (χ0v) is 14.8. The highest BCUT2D eigenvalue weighted by atomic mass is 16.5. The monoisotopic (exact) mass is 308 g/mol. The Kier molecular flexibility index (Phi) is 17.1. The molecule has 0 saturated heterocycles. The molecule has 0 heterocycles. The molecule has 0 aliphatic rings. The largest absolute Gasteiger partial charge is 0.466 e. The van der Waals surface area contributed by atoms with Gasteiger partial charge in [0.15, 0.2) is 0 Å². The van der Waals surface area contributed by atoms with Crippen LogP contribution < -0.4 is 0 Å². The lowest BCUT2D eigenvalue weighted by atomic mass is 10.1. The summed E-state index contributed by atoms with van der Waals surface area (Å²) in [6, 6.07) is 0. The Morgan fingerprint density at radius 2 is 1.18 bits per heavy atom. The van der Waals surface area contributed by atoms with Crippen molar-refractivity contribution in [1.29, 1.82) is 0 Å². The van der Waals surface area contributed by atoms with Crippen LogP contribution in [-0.2, 0) is 9.53 Å². The third kappa shape index (κ3) is 18.9. The van der Waals surface area contributed by atoms with Crippen LogP contribution in [0.25, 0.3) is 0 Å². The summed E-state index contributed by atoms with van der Waals surface area (Å²) in [6.45, 7) is 4.20. The lowest BCUT2D eigenvalue weighted by Crippen LogP contribution is -1.99. The van der Waals surface area contributed by atoms with E-state index in [-0.39, 0.29) is 5.97 Å². The molecule has 0 saturated carbocycles. The van der Waals surface area contributed by atoms with E-state index in [0.29, 0.717) is 6.61 Å². The Morgan fingerprint density at radius 3 is 1.68 bits per heavy atom. The molecule has 0 aromatic carbocycles. The molecule has 0 amide bonds. The van der Waals surface area contributed by atoms with E-state index in [1.807, 2.05) is 0 Å². The first-order valence-electron chi connectivity index (χ1n) is 9.20. The van der Waals surface area contributed by atoms with E-state index in [4.69, 9.17) is 4.74 Å². The standard InChI is InChI=1S/C20H36O2/c1-3-4-5-6-7-8-9-10-11-12-13-14-15-16-17-18-19-22-20(2)21/h4-5,15-16H,3,6-14,17-19H2,1-2H3/b5-4-,16-15-. The van der Waals surface area contributed by atoms with Gasteiger partial charge in [0.1, 0.15) is 0 Å². The molecule has 2 heteroatoms. The molecule has 0 radical (unpaired) electrons. The van der Waals surface area contributed by atoms with Crippen molar-refractivity contribution in [2.75, 3.05) is 6.61 Å². The van der Waals surface area contributed by atoms with Gasteiger partial charge >= 0.3 is 5.97 Å². The molecule has 0 atom stereocenters. The van der Waals surface area contributed by atoms with Crippen LogP contribution in [0.2, 0.25) is 0 Å². The lowest BCUT2D eigenvalue weighted by Gasteiger charge is -2.00. The van der Waals surface area contributed by atoms with Gasteiger partial charge in [0.25, 0.3) is 0 Å². The van der Waals surface area contributed by atoms with E-state index in [0.717, 1.165) is 12.8 Å². The fourth-order valence-corrected chi connectivity index (χ4v) is 2.35. The second-order valence-electron chi connectivity index (χ2n) is 5.89. The number of hydrogen-bond donors (Lipinski definition) is 0. The van der Waals surface area contributed by atoms with Crippen molar-refractivity contribution in [3.05, 3.63) is 24.3 Å². The van der Waals surface area contributed by atoms with Crippen molar-refractivity contribution < 1.29 is 9.53 Å². The summed E-state index contributed by atoms with van der Waals surface area (Å²) in [6.07, 6.45) is 24.2. The summed E-state index contributed by atoms with van der Waals surface area (Å²) >= 11 is 0. The van der Waals surface area contributed by atoms with Crippen molar-refractivity contribution in [3.8, 4) is 0 Å². The number of hydrogen-bond acceptors (Lipinski definition) is 2. The quantitative estimate of drug-likeness (QED) is 0.200. The van der Waals surface area contributed by atoms with Crippen molar-refractivity contribution in [1.82, 2.24) is 0 Å². The maximum absolute atomic E-state index is 10.6. The normalized spacial score (nSPS) is 11.5. The highest BCUT2D eigenvalue weighted by Crippen LogP contribution is 2.10. The molecule has 128 valence electrons. The summed E-state index contributed by atoms with van der Waals surface area (Å²) < 4.78 is 4.88. The second kappa shape index (κ2) is 18.0. The summed E-state index contributed by atoms with van der Waals surface area (Å²) in [5.41, 5.74) is 0. The van der Waals surface area contributed by atoms with E-state index >= 15 is 0 Å². The Labute approximate surface area is 138 Å². The molecule has 0 aliphatic carbocycles. The van der Waals surface area contributed by atoms with Crippen LogP contribution in [0.5, 0.6) is 0 Å². The van der Waals surface area contributed by atoms with E-state index in [1.165, 1.54) is 71.1 Å². The van der Waals surface area contributed by atoms with Crippen molar-refractivity contribution in [2.24, 2.45) is 0 Å². The number of esters is 1. The Morgan fingerprint density at radius 1 is 0.727 bits per heavy atom. The van der Waals surface area contributed by atoms with Gasteiger partial charge in [-0.2, -0.15) is 0 Å². The molecule has 0 aromatic heterocycles. The van der Waals surface area contributed by atoms with Gasteiger partial charge in [0.05, 0.1) is 6.61 Å². The van der Waals surface area contributed by atoms with Crippen molar-refractivity contribution in [2.45, 2.75) is 90.9 Å². The van der Waals surface area contributed by atoms with E-state index in [2.05, 4.69) is 31.2 Å². The number of unbranched alkanes of at least 4 members (excludes halogenated alkanes) is 9. The van der Waals surface area contributed by atoms with Crippen LogP contribution in [0, 0.1) is 0 Å². The summed E-state index contributed by atoms with van der Waals surface area (Å²) in [5.74, 6) is -0.179. The predicted octanol–water partition coefficient (Wildman–Crippen LogP) is 6.36. The number of carbonyl (C=O) groups is 1. The summed E-state index contributed by atoms with van der Waals surface area (Å²) in [7, 11) is 0. The first-order chi connectivity index (χ1) is 10.8. The zero-order chi connectivity index (χ0) is 16.3. The third-order valence-electron chi connectivity index (χ3n) is 3.63. The van der Waals surface area contributed by atoms with Gasteiger partial charge in [-0.25, -0.2) is 0 Å². The molecule has 0 fully saturated rings. The minimum Gasteiger partial charge on any atom is -0.466 e. The molecule has 0 aromatic rings. The highest BCUT2D eigenvalue weighted by molar-refractivity contribution is 5.65. The minimum atomic E-state index is -0.179. The molecule has 0 spiro atoms. The third-order valence-corrected chi connectivity index (χ3v) is 3.63. The zero-order valence-electron chi connectivity index (χ0n) is 14.8. The Hall–Kier alpha value is -1.05. The van der Waals surface area contributed by atoms with Gasteiger partial charge in [-0.3, -0.25) is 4.79 Å². The maximum Gasteiger partial charge on any atom is 0.302 e. The second-order valence-corrected chi connectivity index (χ2v) is 5.89. The fourth-order valence-electron chi connectivity index (χ4n) is 2.35. The Balaban J connectivity index is 3.10. The van der Waals surface area contributed by atoms with Crippen LogP contribution in [-0.4, -0.2) is 12.6 Å². The lowest BCUT2D eigenvalue weighted by molar-refractivity contribution is -0.141. The van der Waals surface area contributed by atoms with Gasteiger partial charge in [0.2, 0.25) is 0 Å². The van der Waals surface area contributed by atoms with Crippen LogP contribution in [0.1, 0.15) is 90.9 Å². The average molecular weight is 309 g/mol. The molecule has 0 N–H and O–H groups in total. The van der Waals surface area contributed by atoms with Crippen LogP contribution >= 0.6 is 0 Å². The maximum atomic E-state index is 10.6. The first kappa shape index (κ1) is 20.9. The molecular weight excluding hydrogens is 272 g/mol.